The van der Waals surface area contributed by atoms with Crippen LogP contribution in [0.5, 0.6) is 0 Å². The lowest BCUT2D eigenvalue weighted by molar-refractivity contribution is 0.548. The highest BCUT2D eigenvalue weighted by molar-refractivity contribution is 4.70. The third-order valence-electron chi connectivity index (χ3n) is 3.63. The van der Waals surface area contributed by atoms with E-state index in [1.165, 1.54) is 89.9 Å². The summed E-state index contributed by atoms with van der Waals surface area (Å²) in [6.07, 6.45) is 25.0. The van der Waals surface area contributed by atoms with Gasteiger partial charge in [0.05, 0.1) is 0 Å². The lowest BCUT2D eigenvalue weighted by Gasteiger charge is -2.05. The minimum atomic E-state index is 1.34. The fourth-order valence-electron chi connectivity index (χ4n) is 2.51. The molecule has 1 rings (SSSR count). The molecule has 1 fully saturated rings. The van der Waals surface area contributed by atoms with Crippen molar-refractivity contribution in [3.63, 3.8) is 0 Å². The Hall–Kier alpha value is 0. The molecule has 2 radical (unpaired) electrons. The Morgan fingerprint density at radius 2 is 0.625 bits per heavy atom. The summed E-state index contributed by atoms with van der Waals surface area (Å²) in [5.74, 6) is 0. The molecule has 0 spiro atoms. The van der Waals surface area contributed by atoms with Gasteiger partial charge < -0.3 is 0 Å². The van der Waals surface area contributed by atoms with E-state index in [4.69, 9.17) is 0 Å². The average molecular weight is 222 g/mol. The first-order valence-electron chi connectivity index (χ1n) is 7.63. The normalized spacial score (nSPS) is 24.0. The molecule has 0 unspecified atom stereocenters. The molecule has 0 aliphatic heterocycles. The van der Waals surface area contributed by atoms with Crippen molar-refractivity contribution in [3.05, 3.63) is 12.8 Å². The van der Waals surface area contributed by atoms with Crippen molar-refractivity contribution < 1.29 is 0 Å². The van der Waals surface area contributed by atoms with Gasteiger partial charge in [0.2, 0.25) is 0 Å². The van der Waals surface area contributed by atoms with Crippen LogP contribution in [0.3, 0.4) is 0 Å². The van der Waals surface area contributed by atoms with Crippen LogP contribution in [0.15, 0.2) is 0 Å². The average Bonchev–Trinajstić information content (AvgIpc) is 2.29. The van der Waals surface area contributed by atoms with E-state index < -0.39 is 0 Å². The molecule has 0 aromatic heterocycles. The Kier molecular flexibility index (Phi) is 10.1. The van der Waals surface area contributed by atoms with Crippen LogP contribution in [0.25, 0.3) is 0 Å². The van der Waals surface area contributed by atoms with E-state index in [0.29, 0.717) is 0 Å². The molecule has 0 heteroatoms. The molecule has 94 valence electrons. The fourth-order valence-corrected chi connectivity index (χ4v) is 2.51. The molecule has 0 saturated heterocycles. The standard InChI is InChI=1S/C16H30/c1-2-4-6-8-10-12-14-16-15-13-11-9-7-5-3-1/h1,8H,2-7,9-16H2. The highest BCUT2D eigenvalue weighted by Gasteiger charge is 1.96. The molecule has 0 atom stereocenters. The fraction of sp³-hybridized carbons (Fsp3) is 0.875. The van der Waals surface area contributed by atoms with Gasteiger partial charge in [-0.15, -0.1) is 0 Å². The van der Waals surface area contributed by atoms with E-state index in [-0.39, 0.29) is 0 Å². The van der Waals surface area contributed by atoms with E-state index in [1.807, 2.05) is 0 Å². The van der Waals surface area contributed by atoms with Gasteiger partial charge in [0, 0.05) is 0 Å². The number of hydrogen-bond donors (Lipinski definition) is 0. The molecule has 0 amide bonds. The van der Waals surface area contributed by atoms with Crippen LogP contribution < -0.4 is 0 Å². The molecule has 0 nitrogen and oxygen atoms in total. The lowest BCUT2D eigenvalue weighted by atomic mass is 10.0. The van der Waals surface area contributed by atoms with Crippen LogP contribution in [0.2, 0.25) is 0 Å². The Morgan fingerprint density at radius 3 is 1.06 bits per heavy atom. The van der Waals surface area contributed by atoms with Crippen molar-refractivity contribution in [1.82, 2.24) is 0 Å². The maximum Gasteiger partial charge on any atom is -0.0386 e. The monoisotopic (exact) mass is 222 g/mol. The Bertz CT molecular complexity index is 64.0. The first kappa shape index (κ1) is 14.1. The molecule has 0 aromatic carbocycles. The molecule has 1 aliphatic rings. The van der Waals surface area contributed by atoms with Crippen LogP contribution in [-0.4, -0.2) is 0 Å². The van der Waals surface area contributed by atoms with E-state index >= 15 is 0 Å². The summed E-state index contributed by atoms with van der Waals surface area (Å²) in [5, 5.41) is 0. The summed E-state index contributed by atoms with van der Waals surface area (Å²) in [4.78, 5) is 0. The van der Waals surface area contributed by atoms with Gasteiger partial charge in [0.1, 0.15) is 0 Å². The molecular weight excluding hydrogens is 192 g/mol. The molecule has 1 aliphatic carbocycles. The van der Waals surface area contributed by atoms with Crippen molar-refractivity contribution in [1.29, 1.82) is 0 Å². The van der Waals surface area contributed by atoms with Gasteiger partial charge in [-0.2, -0.15) is 0 Å². The maximum atomic E-state index is 2.51. The van der Waals surface area contributed by atoms with E-state index in [2.05, 4.69) is 12.8 Å². The molecule has 16 heavy (non-hydrogen) atoms. The molecule has 0 bridgehead atoms. The van der Waals surface area contributed by atoms with Gasteiger partial charge in [-0.3, -0.25) is 0 Å². The van der Waals surface area contributed by atoms with E-state index in [9.17, 15) is 0 Å². The van der Waals surface area contributed by atoms with Crippen LogP contribution in [0, 0.1) is 12.8 Å². The Morgan fingerprint density at radius 1 is 0.312 bits per heavy atom. The van der Waals surface area contributed by atoms with Crippen molar-refractivity contribution >= 4 is 0 Å². The minimum Gasteiger partial charge on any atom is -0.0533 e. The number of hydrogen-bond acceptors (Lipinski definition) is 0. The number of rotatable bonds is 0. The summed E-state index contributed by atoms with van der Waals surface area (Å²) in [6, 6.07) is 0. The molecular formula is C16H30. The lowest BCUT2D eigenvalue weighted by Crippen LogP contribution is -1.86. The van der Waals surface area contributed by atoms with Gasteiger partial charge in [0.25, 0.3) is 0 Å². The predicted octanol–water partition coefficient (Wildman–Crippen LogP) is 5.87. The second-order valence-corrected chi connectivity index (χ2v) is 5.27. The van der Waals surface area contributed by atoms with Crippen LogP contribution in [-0.2, 0) is 0 Å². The van der Waals surface area contributed by atoms with Crippen molar-refractivity contribution in [2.24, 2.45) is 0 Å². The zero-order valence-electron chi connectivity index (χ0n) is 11.1. The highest BCUT2D eigenvalue weighted by Crippen LogP contribution is 2.15. The predicted molar refractivity (Wildman–Crippen MR) is 73.2 cm³/mol. The van der Waals surface area contributed by atoms with Crippen molar-refractivity contribution in [2.75, 3.05) is 0 Å². The van der Waals surface area contributed by atoms with Gasteiger partial charge in [-0.25, -0.2) is 0 Å². The molecule has 0 N–H and O–H groups in total. The summed E-state index contributed by atoms with van der Waals surface area (Å²) in [5.41, 5.74) is 0. The third-order valence-corrected chi connectivity index (χ3v) is 3.63. The molecule has 0 heterocycles. The van der Waals surface area contributed by atoms with Crippen LogP contribution in [0.1, 0.15) is 89.9 Å². The SMILES string of the molecule is [CH]1CCC[CH]CCCCCCCCCCC1. The van der Waals surface area contributed by atoms with Crippen LogP contribution in [0.4, 0.5) is 0 Å². The van der Waals surface area contributed by atoms with Gasteiger partial charge in [-0.05, 0) is 12.8 Å². The zero-order valence-corrected chi connectivity index (χ0v) is 11.1. The first-order valence-corrected chi connectivity index (χ1v) is 7.63. The second kappa shape index (κ2) is 11.5. The topological polar surface area (TPSA) is 0 Å². The Balaban J connectivity index is 2.00. The summed E-state index contributed by atoms with van der Waals surface area (Å²) in [6.45, 7) is 0. The van der Waals surface area contributed by atoms with Crippen LogP contribution >= 0.6 is 0 Å². The Labute approximate surface area is 103 Å². The van der Waals surface area contributed by atoms with Gasteiger partial charge in [0.15, 0.2) is 0 Å². The molecule has 0 aromatic rings. The minimum absolute atomic E-state index is 1.34. The van der Waals surface area contributed by atoms with Crippen molar-refractivity contribution in [3.8, 4) is 0 Å². The summed E-state index contributed by atoms with van der Waals surface area (Å²) in [7, 11) is 0. The summed E-state index contributed by atoms with van der Waals surface area (Å²) >= 11 is 0. The van der Waals surface area contributed by atoms with Crippen molar-refractivity contribution in [2.45, 2.75) is 89.9 Å². The zero-order chi connectivity index (χ0) is 11.3. The largest absolute Gasteiger partial charge is 0.0533 e. The first-order chi connectivity index (χ1) is 8.00. The maximum absolute atomic E-state index is 2.51. The third kappa shape index (κ3) is 9.24. The van der Waals surface area contributed by atoms with E-state index in [1.54, 1.807) is 0 Å². The second-order valence-electron chi connectivity index (χ2n) is 5.27. The highest BCUT2D eigenvalue weighted by atomic mass is 14.0. The van der Waals surface area contributed by atoms with Gasteiger partial charge >= 0.3 is 0 Å². The quantitative estimate of drug-likeness (QED) is 0.481. The molecule has 1 saturated carbocycles. The smallest absolute Gasteiger partial charge is 0.0386 e. The van der Waals surface area contributed by atoms with E-state index in [0.717, 1.165) is 0 Å². The summed E-state index contributed by atoms with van der Waals surface area (Å²) < 4.78 is 0. The van der Waals surface area contributed by atoms with Gasteiger partial charge in [-0.1, -0.05) is 89.9 Å².